The van der Waals surface area contributed by atoms with E-state index >= 15 is 0 Å². The second-order valence-electron chi connectivity index (χ2n) is 4.75. The van der Waals surface area contributed by atoms with Crippen LogP contribution in [-0.4, -0.2) is 29.4 Å². The van der Waals surface area contributed by atoms with E-state index in [-0.39, 0.29) is 5.91 Å². The Morgan fingerprint density at radius 2 is 2.20 bits per heavy atom. The van der Waals surface area contributed by atoms with Crippen LogP contribution in [0.4, 0.5) is 0 Å². The quantitative estimate of drug-likeness (QED) is 0.676. The fourth-order valence-electron chi connectivity index (χ4n) is 1.69. The molecule has 0 saturated heterocycles. The Hall–Kier alpha value is -0.830. The summed E-state index contributed by atoms with van der Waals surface area (Å²) >= 11 is 0. The number of hydrogen-bond donors (Lipinski definition) is 1. The summed E-state index contributed by atoms with van der Waals surface area (Å²) < 4.78 is 0. The maximum atomic E-state index is 12.0. The zero-order chi connectivity index (χ0) is 11.4. The molecule has 0 spiro atoms. The Balaban J connectivity index is 2.54. The number of carbonyl (C=O) groups excluding carboxylic acids is 1. The molecule has 1 amide bonds. The van der Waals surface area contributed by atoms with Gasteiger partial charge in [0.15, 0.2) is 0 Å². The topological polar surface area (TPSA) is 46.3 Å². The van der Waals surface area contributed by atoms with Crippen LogP contribution >= 0.6 is 0 Å². The van der Waals surface area contributed by atoms with Crippen LogP contribution in [0.25, 0.3) is 0 Å². The molecule has 86 valence electrons. The second-order valence-corrected chi connectivity index (χ2v) is 4.75. The summed E-state index contributed by atoms with van der Waals surface area (Å²) in [6.45, 7) is 8.69. The molecule has 0 bridgehead atoms. The van der Waals surface area contributed by atoms with Crippen molar-refractivity contribution in [3.05, 3.63) is 12.7 Å². The summed E-state index contributed by atoms with van der Waals surface area (Å²) in [5.74, 6) is 0.594. The van der Waals surface area contributed by atoms with Crippen LogP contribution in [0.2, 0.25) is 0 Å². The maximum Gasteiger partial charge on any atom is 0.240 e. The highest BCUT2D eigenvalue weighted by atomic mass is 16.2. The molecule has 1 aliphatic rings. The molecule has 15 heavy (non-hydrogen) atoms. The first-order chi connectivity index (χ1) is 7.06. The van der Waals surface area contributed by atoms with E-state index in [0.29, 0.717) is 18.4 Å². The first-order valence-electron chi connectivity index (χ1n) is 5.73. The minimum atomic E-state index is -0.401. The van der Waals surface area contributed by atoms with Crippen molar-refractivity contribution in [2.75, 3.05) is 6.54 Å². The Bertz CT molecular complexity index is 234. The molecule has 1 unspecified atom stereocenters. The van der Waals surface area contributed by atoms with Gasteiger partial charge in [-0.1, -0.05) is 19.9 Å². The average molecular weight is 210 g/mol. The van der Waals surface area contributed by atoms with Crippen molar-refractivity contribution in [1.29, 1.82) is 0 Å². The van der Waals surface area contributed by atoms with Crippen LogP contribution < -0.4 is 5.73 Å². The maximum absolute atomic E-state index is 12.0. The molecule has 0 aliphatic heterocycles. The molecule has 3 nitrogen and oxygen atoms in total. The Morgan fingerprint density at radius 1 is 1.60 bits per heavy atom. The van der Waals surface area contributed by atoms with E-state index in [4.69, 9.17) is 5.73 Å². The van der Waals surface area contributed by atoms with Gasteiger partial charge >= 0.3 is 0 Å². The number of nitrogens with two attached hydrogens (primary N) is 1. The first kappa shape index (κ1) is 12.2. The number of hydrogen-bond acceptors (Lipinski definition) is 2. The van der Waals surface area contributed by atoms with Crippen LogP contribution in [0.1, 0.15) is 33.1 Å². The van der Waals surface area contributed by atoms with Crippen LogP contribution in [0.5, 0.6) is 0 Å². The molecule has 0 aromatic carbocycles. The summed E-state index contributed by atoms with van der Waals surface area (Å²) in [5, 5.41) is 0. The van der Waals surface area contributed by atoms with Gasteiger partial charge in [0, 0.05) is 12.6 Å². The number of carbonyl (C=O) groups is 1. The van der Waals surface area contributed by atoms with Gasteiger partial charge in [0.25, 0.3) is 0 Å². The van der Waals surface area contributed by atoms with E-state index in [1.54, 1.807) is 6.08 Å². The van der Waals surface area contributed by atoms with Crippen LogP contribution in [0.3, 0.4) is 0 Å². The second kappa shape index (κ2) is 5.31. The lowest BCUT2D eigenvalue weighted by Gasteiger charge is -2.27. The van der Waals surface area contributed by atoms with Gasteiger partial charge in [-0.05, 0) is 25.2 Å². The molecule has 0 aromatic rings. The third-order valence-corrected chi connectivity index (χ3v) is 2.57. The Morgan fingerprint density at radius 3 is 2.60 bits per heavy atom. The SMILES string of the molecule is C=CCC(N)C(=O)N(CC(C)C)C1CC1. The lowest BCUT2D eigenvalue weighted by atomic mass is 10.1. The summed E-state index contributed by atoms with van der Waals surface area (Å²) in [6, 6.07) is 0.0533. The van der Waals surface area contributed by atoms with Gasteiger partial charge in [0.05, 0.1) is 6.04 Å². The molecule has 0 heterocycles. The van der Waals surface area contributed by atoms with E-state index in [9.17, 15) is 4.79 Å². The molecule has 3 heteroatoms. The van der Waals surface area contributed by atoms with E-state index in [2.05, 4.69) is 20.4 Å². The van der Waals surface area contributed by atoms with Crippen LogP contribution in [0.15, 0.2) is 12.7 Å². The van der Waals surface area contributed by atoms with Gasteiger partial charge in [0.2, 0.25) is 5.91 Å². The minimum absolute atomic E-state index is 0.0890. The van der Waals surface area contributed by atoms with Crippen molar-refractivity contribution in [3.63, 3.8) is 0 Å². The molecule has 2 N–H and O–H groups in total. The molecule has 0 aromatic heterocycles. The minimum Gasteiger partial charge on any atom is -0.338 e. The predicted octanol–water partition coefficient (Wildman–Crippen LogP) is 1.54. The Kier molecular flexibility index (Phi) is 4.33. The highest BCUT2D eigenvalue weighted by molar-refractivity contribution is 5.82. The van der Waals surface area contributed by atoms with Crippen molar-refractivity contribution in [1.82, 2.24) is 4.90 Å². The van der Waals surface area contributed by atoms with E-state index in [1.165, 1.54) is 0 Å². The molecular formula is C12H22N2O. The van der Waals surface area contributed by atoms with Crippen molar-refractivity contribution in [3.8, 4) is 0 Å². The van der Waals surface area contributed by atoms with E-state index in [0.717, 1.165) is 19.4 Å². The highest BCUT2D eigenvalue weighted by Crippen LogP contribution is 2.28. The lowest BCUT2D eigenvalue weighted by Crippen LogP contribution is -2.46. The fraction of sp³-hybridized carbons (Fsp3) is 0.750. The number of amides is 1. The largest absolute Gasteiger partial charge is 0.338 e. The van der Waals surface area contributed by atoms with E-state index < -0.39 is 6.04 Å². The van der Waals surface area contributed by atoms with E-state index in [1.807, 2.05) is 4.90 Å². The molecule has 1 fully saturated rings. The first-order valence-corrected chi connectivity index (χ1v) is 5.73. The van der Waals surface area contributed by atoms with Gasteiger partial charge in [0.1, 0.15) is 0 Å². The van der Waals surface area contributed by atoms with Gasteiger partial charge in [-0.2, -0.15) is 0 Å². The zero-order valence-electron chi connectivity index (χ0n) is 9.78. The van der Waals surface area contributed by atoms with Crippen LogP contribution in [-0.2, 0) is 4.79 Å². The standard InChI is InChI=1S/C12H22N2O/c1-4-5-11(13)12(15)14(8-9(2)3)10-6-7-10/h4,9-11H,1,5-8,13H2,2-3H3. The van der Waals surface area contributed by atoms with Crippen molar-refractivity contribution in [2.45, 2.75) is 45.2 Å². The molecule has 1 aliphatic carbocycles. The number of nitrogens with zero attached hydrogens (tertiary/aromatic N) is 1. The molecule has 0 radical (unpaired) electrons. The fourth-order valence-corrected chi connectivity index (χ4v) is 1.69. The van der Waals surface area contributed by atoms with Crippen LogP contribution in [0, 0.1) is 5.92 Å². The summed E-state index contributed by atoms with van der Waals surface area (Å²) in [5.41, 5.74) is 5.81. The third kappa shape index (κ3) is 3.67. The summed E-state index contributed by atoms with van der Waals surface area (Å²) in [7, 11) is 0. The number of rotatable bonds is 6. The smallest absolute Gasteiger partial charge is 0.240 e. The normalized spacial score (nSPS) is 17.6. The molecule has 1 atom stereocenters. The van der Waals surface area contributed by atoms with Gasteiger partial charge in [-0.15, -0.1) is 6.58 Å². The molecule has 1 rings (SSSR count). The van der Waals surface area contributed by atoms with Gasteiger partial charge in [-0.25, -0.2) is 0 Å². The third-order valence-electron chi connectivity index (χ3n) is 2.57. The lowest BCUT2D eigenvalue weighted by molar-refractivity contribution is -0.133. The summed E-state index contributed by atoms with van der Waals surface area (Å²) in [4.78, 5) is 14.0. The Labute approximate surface area is 92.3 Å². The van der Waals surface area contributed by atoms with Crippen molar-refractivity contribution >= 4 is 5.91 Å². The predicted molar refractivity (Wildman–Crippen MR) is 62.4 cm³/mol. The highest BCUT2D eigenvalue weighted by Gasteiger charge is 2.34. The van der Waals surface area contributed by atoms with Crippen molar-refractivity contribution < 1.29 is 4.79 Å². The molecular weight excluding hydrogens is 188 g/mol. The van der Waals surface area contributed by atoms with Gasteiger partial charge in [-0.3, -0.25) is 4.79 Å². The van der Waals surface area contributed by atoms with Crippen molar-refractivity contribution in [2.24, 2.45) is 11.7 Å². The molecule has 1 saturated carbocycles. The van der Waals surface area contributed by atoms with Gasteiger partial charge < -0.3 is 10.6 Å². The zero-order valence-corrected chi connectivity index (χ0v) is 9.78. The summed E-state index contributed by atoms with van der Waals surface area (Å²) in [6.07, 6.45) is 4.56. The average Bonchev–Trinajstić information content (AvgIpc) is 2.96. The monoisotopic (exact) mass is 210 g/mol.